The molecule has 0 aliphatic carbocycles. The van der Waals surface area contributed by atoms with Gasteiger partial charge >= 0.3 is 15.3 Å². The fourth-order valence-electron chi connectivity index (χ4n) is 2.44. The van der Waals surface area contributed by atoms with Gasteiger partial charge in [0.2, 0.25) is 0 Å². The van der Waals surface area contributed by atoms with Gasteiger partial charge in [-0.3, -0.25) is 4.79 Å². The lowest BCUT2D eigenvalue weighted by molar-refractivity contribution is -0.136. The van der Waals surface area contributed by atoms with Gasteiger partial charge in [-0.05, 0) is 37.9 Å². The maximum Gasteiger partial charge on any atom is 0.324 e. The first kappa shape index (κ1) is 19.7. The highest BCUT2D eigenvalue weighted by Crippen LogP contribution is 2.20. The van der Waals surface area contributed by atoms with E-state index in [2.05, 4.69) is 11.8 Å². The number of nitrogens with zero attached hydrogens (tertiary/aromatic N) is 1. The van der Waals surface area contributed by atoms with E-state index >= 15 is 0 Å². The fourth-order valence-corrected chi connectivity index (χ4v) is 4.27. The van der Waals surface area contributed by atoms with E-state index in [0.717, 1.165) is 18.7 Å². The first-order valence-electron chi connectivity index (χ1n) is 8.33. The van der Waals surface area contributed by atoms with Crippen LogP contribution >= 0.6 is 0 Å². The van der Waals surface area contributed by atoms with Gasteiger partial charge in [-0.1, -0.05) is 25.1 Å². The van der Waals surface area contributed by atoms with E-state index in [4.69, 9.17) is 14.0 Å². The monoisotopic (exact) mass is 339 g/mol. The predicted molar refractivity (Wildman–Crippen MR) is 95.3 cm³/mol. The third-order valence-electron chi connectivity index (χ3n) is 3.70. The molecular formula is C17H29NO4Si. The molecule has 0 heterocycles. The minimum atomic E-state index is -1.66. The van der Waals surface area contributed by atoms with E-state index < -0.39 is 15.3 Å². The number of para-hydroxylation sites is 1. The molecule has 0 bridgehead atoms. The summed E-state index contributed by atoms with van der Waals surface area (Å²) in [5.74, 6) is -0.769. The van der Waals surface area contributed by atoms with Crippen LogP contribution in [-0.4, -0.2) is 46.7 Å². The molecule has 0 aliphatic heterocycles. The van der Waals surface area contributed by atoms with E-state index in [0.29, 0.717) is 25.3 Å². The molecule has 0 amide bonds. The first-order chi connectivity index (χ1) is 11.1. The molecule has 1 rings (SSSR count). The Morgan fingerprint density at radius 2 is 1.78 bits per heavy atom. The average molecular weight is 340 g/mol. The second-order valence-corrected chi connectivity index (χ2v) is 8.05. The molecule has 0 spiro atoms. The largest absolute Gasteiger partial charge is 0.481 e. The number of anilines is 1. The third-order valence-corrected chi connectivity index (χ3v) is 6.28. The summed E-state index contributed by atoms with van der Waals surface area (Å²) in [5.41, 5.74) is 1.44. The molecule has 1 N–H and O–H groups in total. The van der Waals surface area contributed by atoms with Crippen LogP contribution in [0.4, 0.5) is 5.69 Å². The molecular weight excluding hydrogens is 310 g/mol. The first-order valence-corrected chi connectivity index (χ1v) is 9.94. The Balaban J connectivity index is 2.63. The summed E-state index contributed by atoms with van der Waals surface area (Å²) >= 11 is 0. The van der Waals surface area contributed by atoms with Gasteiger partial charge in [0.25, 0.3) is 0 Å². The predicted octanol–water partition coefficient (Wildman–Crippen LogP) is 3.04. The molecule has 130 valence electrons. The standard InChI is InChI=1S/C17H29NO4Si/c1-4-21-23(22-5-2)15(3)11-13-18(14-12-17(19)20)16-9-7-6-8-10-16/h6-10,15,23H,4-5,11-14H2,1-3H3,(H,19,20). The Kier molecular flexibility index (Phi) is 9.59. The van der Waals surface area contributed by atoms with Crippen molar-refractivity contribution in [2.45, 2.75) is 39.2 Å². The fraction of sp³-hybridized carbons (Fsp3) is 0.588. The van der Waals surface area contributed by atoms with Crippen molar-refractivity contribution in [2.75, 3.05) is 31.2 Å². The van der Waals surface area contributed by atoms with Crippen molar-refractivity contribution in [3.63, 3.8) is 0 Å². The van der Waals surface area contributed by atoms with Gasteiger partial charge < -0.3 is 18.9 Å². The van der Waals surface area contributed by atoms with Crippen molar-refractivity contribution < 1.29 is 18.8 Å². The number of carbonyl (C=O) groups is 1. The molecule has 1 atom stereocenters. The van der Waals surface area contributed by atoms with Gasteiger partial charge in [0.05, 0.1) is 6.42 Å². The van der Waals surface area contributed by atoms with Crippen molar-refractivity contribution in [3.8, 4) is 0 Å². The Bertz CT molecular complexity index is 437. The maximum absolute atomic E-state index is 10.9. The Labute approximate surface area is 141 Å². The van der Waals surface area contributed by atoms with Crippen LogP contribution in [0.15, 0.2) is 30.3 Å². The zero-order valence-electron chi connectivity index (χ0n) is 14.4. The van der Waals surface area contributed by atoms with Crippen LogP contribution in [0.2, 0.25) is 5.54 Å². The topological polar surface area (TPSA) is 59.0 Å². The van der Waals surface area contributed by atoms with E-state index in [9.17, 15) is 4.79 Å². The number of aliphatic carboxylic acids is 1. The molecule has 1 aromatic rings. The van der Waals surface area contributed by atoms with Crippen LogP contribution in [0, 0.1) is 0 Å². The third kappa shape index (κ3) is 7.63. The highest BCUT2D eigenvalue weighted by atomic mass is 28.3. The summed E-state index contributed by atoms with van der Waals surface area (Å²) in [6, 6.07) is 9.96. The molecule has 23 heavy (non-hydrogen) atoms. The van der Waals surface area contributed by atoms with Crippen LogP contribution in [0.5, 0.6) is 0 Å². The number of benzene rings is 1. The summed E-state index contributed by atoms with van der Waals surface area (Å²) in [6.07, 6.45) is 1.08. The summed E-state index contributed by atoms with van der Waals surface area (Å²) in [5, 5.41) is 8.96. The number of carboxylic acid groups (broad SMARTS) is 1. The lowest BCUT2D eigenvalue weighted by atomic mass is 10.2. The highest BCUT2D eigenvalue weighted by Gasteiger charge is 2.22. The smallest absolute Gasteiger partial charge is 0.324 e. The molecule has 0 radical (unpaired) electrons. The molecule has 6 heteroatoms. The minimum Gasteiger partial charge on any atom is -0.481 e. The number of hydrogen-bond acceptors (Lipinski definition) is 4. The van der Waals surface area contributed by atoms with Crippen LogP contribution in [0.3, 0.4) is 0 Å². The minimum absolute atomic E-state index is 0.140. The van der Waals surface area contributed by atoms with Gasteiger partial charge in [-0.25, -0.2) is 0 Å². The molecule has 0 saturated carbocycles. The number of hydrogen-bond donors (Lipinski definition) is 1. The van der Waals surface area contributed by atoms with E-state index in [1.54, 1.807) is 0 Å². The van der Waals surface area contributed by atoms with Crippen LogP contribution in [0.25, 0.3) is 0 Å². The van der Waals surface area contributed by atoms with Crippen molar-refractivity contribution in [2.24, 2.45) is 0 Å². The van der Waals surface area contributed by atoms with Crippen LogP contribution < -0.4 is 4.90 Å². The Morgan fingerprint density at radius 3 is 2.30 bits per heavy atom. The normalized spacial score (nSPS) is 12.3. The van der Waals surface area contributed by atoms with Crippen molar-refractivity contribution in [3.05, 3.63) is 30.3 Å². The van der Waals surface area contributed by atoms with Gasteiger partial charge in [-0.2, -0.15) is 0 Å². The number of rotatable bonds is 12. The van der Waals surface area contributed by atoms with Crippen molar-refractivity contribution >= 4 is 20.9 Å². The Morgan fingerprint density at radius 1 is 1.17 bits per heavy atom. The van der Waals surface area contributed by atoms with Crippen LogP contribution in [0.1, 0.15) is 33.6 Å². The van der Waals surface area contributed by atoms with Gasteiger partial charge in [0.15, 0.2) is 0 Å². The maximum atomic E-state index is 10.9. The molecule has 1 aromatic carbocycles. The van der Waals surface area contributed by atoms with E-state index in [-0.39, 0.29) is 6.42 Å². The molecule has 0 fully saturated rings. The lowest BCUT2D eigenvalue weighted by Gasteiger charge is -2.27. The average Bonchev–Trinajstić information content (AvgIpc) is 2.55. The summed E-state index contributed by atoms with van der Waals surface area (Å²) in [7, 11) is -1.66. The zero-order valence-corrected chi connectivity index (χ0v) is 15.6. The Hall–Kier alpha value is -1.37. The lowest BCUT2D eigenvalue weighted by Crippen LogP contribution is -2.32. The van der Waals surface area contributed by atoms with Crippen LogP contribution in [-0.2, 0) is 13.6 Å². The van der Waals surface area contributed by atoms with E-state index in [1.165, 1.54) is 0 Å². The summed E-state index contributed by atoms with van der Waals surface area (Å²) in [4.78, 5) is 13.0. The second kappa shape index (κ2) is 11.2. The molecule has 0 saturated heterocycles. The zero-order chi connectivity index (χ0) is 17.1. The molecule has 0 aliphatic rings. The molecule has 0 aromatic heterocycles. The van der Waals surface area contributed by atoms with Crippen molar-refractivity contribution in [1.82, 2.24) is 0 Å². The van der Waals surface area contributed by atoms with E-state index in [1.807, 2.05) is 44.2 Å². The van der Waals surface area contributed by atoms with Gasteiger partial charge in [0, 0.05) is 32.0 Å². The van der Waals surface area contributed by atoms with Crippen molar-refractivity contribution in [1.29, 1.82) is 0 Å². The molecule has 1 unspecified atom stereocenters. The SMILES string of the molecule is CCO[SiH](OCC)C(C)CCN(CCC(=O)O)c1ccccc1. The molecule has 5 nitrogen and oxygen atoms in total. The second-order valence-electron chi connectivity index (χ2n) is 5.51. The quantitative estimate of drug-likeness (QED) is 0.593. The number of carboxylic acids is 1. The summed E-state index contributed by atoms with van der Waals surface area (Å²) in [6.45, 7) is 8.85. The van der Waals surface area contributed by atoms with Gasteiger partial charge in [-0.15, -0.1) is 0 Å². The van der Waals surface area contributed by atoms with Gasteiger partial charge in [0.1, 0.15) is 0 Å². The highest BCUT2D eigenvalue weighted by molar-refractivity contribution is 6.46. The summed E-state index contributed by atoms with van der Waals surface area (Å²) < 4.78 is 11.6.